The number of hydrogen-bond donors (Lipinski definition) is 1. The molecule has 1 aromatic rings. The van der Waals surface area contributed by atoms with Gasteiger partial charge in [0.15, 0.2) is 9.84 Å². The standard InChI is InChI=1S/C15H20N4O3S/c16-15-17-5-1-13(18-15)12-2-6-19(7-3-12)14(20)9-11-4-8-23(21,22)10-11/h1,4-5,8,11-12H,2-3,6-7,9-10H2,(H2,16,17,18)/t11-/m0/s1. The summed E-state index contributed by atoms with van der Waals surface area (Å²) in [7, 11) is -3.10. The molecular weight excluding hydrogens is 316 g/mol. The number of nitrogens with zero attached hydrogens (tertiary/aromatic N) is 3. The van der Waals surface area contributed by atoms with Crippen LogP contribution in [0, 0.1) is 5.92 Å². The molecule has 1 fully saturated rings. The van der Waals surface area contributed by atoms with E-state index in [9.17, 15) is 13.2 Å². The van der Waals surface area contributed by atoms with E-state index < -0.39 is 9.84 Å². The Balaban J connectivity index is 1.53. The molecule has 1 atom stereocenters. The predicted molar refractivity (Wildman–Crippen MR) is 86.0 cm³/mol. The Morgan fingerprint density at radius 2 is 2.09 bits per heavy atom. The summed E-state index contributed by atoms with van der Waals surface area (Å²) in [5, 5.41) is 1.22. The predicted octanol–water partition coefficient (Wildman–Crippen LogP) is 0.713. The van der Waals surface area contributed by atoms with Gasteiger partial charge in [-0.2, -0.15) is 0 Å². The fourth-order valence-electron chi connectivity index (χ4n) is 3.16. The Hall–Kier alpha value is -1.96. The van der Waals surface area contributed by atoms with Gasteiger partial charge in [-0.1, -0.05) is 6.08 Å². The van der Waals surface area contributed by atoms with Crippen LogP contribution in [-0.2, 0) is 14.6 Å². The summed E-state index contributed by atoms with van der Waals surface area (Å²) in [6.07, 6.45) is 5.22. The maximum absolute atomic E-state index is 12.3. The molecule has 3 rings (SSSR count). The number of aromatic nitrogens is 2. The van der Waals surface area contributed by atoms with Crippen molar-refractivity contribution in [1.29, 1.82) is 0 Å². The first-order chi connectivity index (χ1) is 10.9. The largest absolute Gasteiger partial charge is 0.368 e. The summed E-state index contributed by atoms with van der Waals surface area (Å²) in [5.74, 6) is 0.450. The highest BCUT2D eigenvalue weighted by atomic mass is 32.2. The van der Waals surface area contributed by atoms with E-state index in [2.05, 4.69) is 9.97 Å². The molecule has 2 N–H and O–H groups in total. The van der Waals surface area contributed by atoms with Gasteiger partial charge in [-0.05, 0) is 18.9 Å². The van der Waals surface area contributed by atoms with E-state index in [0.29, 0.717) is 13.1 Å². The molecule has 3 heterocycles. The summed E-state index contributed by atoms with van der Waals surface area (Å²) in [4.78, 5) is 22.3. The van der Waals surface area contributed by atoms with Gasteiger partial charge in [0, 0.05) is 48.6 Å². The second kappa shape index (κ2) is 6.27. The monoisotopic (exact) mass is 336 g/mol. The van der Waals surface area contributed by atoms with Crippen LogP contribution < -0.4 is 5.73 Å². The van der Waals surface area contributed by atoms with Crippen molar-refractivity contribution in [2.75, 3.05) is 24.6 Å². The minimum absolute atomic E-state index is 0.0254. The van der Waals surface area contributed by atoms with Crippen molar-refractivity contribution in [3.05, 3.63) is 29.4 Å². The third kappa shape index (κ3) is 3.87. The second-order valence-corrected chi connectivity index (χ2v) is 8.05. The van der Waals surface area contributed by atoms with Crippen LogP contribution in [0.4, 0.5) is 5.95 Å². The quantitative estimate of drug-likeness (QED) is 0.871. The van der Waals surface area contributed by atoms with Gasteiger partial charge >= 0.3 is 0 Å². The van der Waals surface area contributed by atoms with Gasteiger partial charge in [0.25, 0.3) is 0 Å². The fraction of sp³-hybridized carbons (Fsp3) is 0.533. The zero-order valence-corrected chi connectivity index (χ0v) is 13.6. The van der Waals surface area contributed by atoms with Crippen LogP contribution in [-0.4, -0.2) is 48.0 Å². The van der Waals surface area contributed by atoms with Crippen LogP contribution in [0.5, 0.6) is 0 Å². The number of amides is 1. The van der Waals surface area contributed by atoms with Gasteiger partial charge in [-0.15, -0.1) is 0 Å². The maximum atomic E-state index is 12.3. The van der Waals surface area contributed by atoms with E-state index in [1.165, 1.54) is 5.41 Å². The Morgan fingerprint density at radius 1 is 1.35 bits per heavy atom. The highest BCUT2D eigenvalue weighted by molar-refractivity contribution is 7.94. The molecule has 0 bridgehead atoms. The molecule has 1 amide bonds. The van der Waals surface area contributed by atoms with Crippen LogP contribution in [0.15, 0.2) is 23.7 Å². The Kier molecular flexibility index (Phi) is 4.34. The first-order valence-electron chi connectivity index (χ1n) is 7.70. The molecular formula is C15H20N4O3S. The number of rotatable bonds is 3. The number of carbonyl (C=O) groups is 1. The van der Waals surface area contributed by atoms with Crippen molar-refractivity contribution in [2.24, 2.45) is 5.92 Å². The van der Waals surface area contributed by atoms with Crippen molar-refractivity contribution < 1.29 is 13.2 Å². The van der Waals surface area contributed by atoms with Crippen molar-refractivity contribution in [3.63, 3.8) is 0 Å². The smallest absolute Gasteiger partial charge is 0.223 e. The average molecular weight is 336 g/mol. The zero-order valence-electron chi connectivity index (χ0n) is 12.8. The molecule has 8 heteroatoms. The number of likely N-dealkylation sites (tertiary alicyclic amines) is 1. The number of nitrogens with two attached hydrogens (primary N) is 1. The van der Waals surface area contributed by atoms with E-state index >= 15 is 0 Å². The molecule has 7 nitrogen and oxygen atoms in total. The highest BCUT2D eigenvalue weighted by Gasteiger charge is 2.29. The lowest BCUT2D eigenvalue weighted by Gasteiger charge is -2.32. The lowest BCUT2D eigenvalue weighted by Crippen LogP contribution is -2.39. The highest BCUT2D eigenvalue weighted by Crippen LogP contribution is 2.28. The van der Waals surface area contributed by atoms with Crippen molar-refractivity contribution in [2.45, 2.75) is 25.2 Å². The Morgan fingerprint density at radius 3 is 2.70 bits per heavy atom. The second-order valence-electron chi connectivity index (χ2n) is 6.12. The third-order valence-corrected chi connectivity index (χ3v) is 5.87. The summed E-state index contributed by atoms with van der Waals surface area (Å²) < 4.78 is 22.8. The summed E-state index contributed by atoms with van der Waals surface area (Å²) >= 11 is 0. The summed E-state index contributed by atoms with van der Waals surface area (Å²) in [6.45, 7) is 1.33. The zero-order chi connectivity index (χ0) is 16.4. The van der Waals surface area contributed by atoms with Crippen LogP contribution in [0.3, 0.4) is 0 Å². The first kappa shape index (κ1) is 15.9. The number of sulfone groups is 1. The van der Waals surface area contributed by atoms with E-state index in [1.54, 1.807) is 12.3 Å². The van der Waals surface area contributed by atoms with E-state index in [1.807, 2.05) is 11.0 Å². The number of piperidine rings is 1. The molecule has 23 heavy (non-hydrogen) atoms. The average Bonchev–Trinajstić information content (AvgIpc) is 2.86. The molecule has 0 aliphatic carbocycles. The van der Waals surface area contributed by atoms with Crippen molar-refractivity contribution in [1.82, 2.24) is 14.9 Å². The molecule has 0 spiro atoms. The number of carbonyl (C=O) groups excluding carboxylic acids is 1. The van der Waals surface area contributed by atoms with Crippen LogP contribution in [0.2, 0.25) is 0 Å². The van der Waals surface area contributed by atoms with E-state index in [-0.39, 0.29) is 35.9 Å². The van der Waals surface area contributed by atoms with E-state index in [0.717, 1.165) is 18.5 Å². The molecule has 124 valence electrons. The topological polar surface area (TPSA) is 106 Å². The molecule has 0 unspecified atom stereocenters. The molecule has 2 aliphatic heterocycles. The molecule has 0 radical (unpaired) electrons. The van der Waals surface area contributed by atoms with Gasteiger partial charge in [0.05, 0.1) is 5.75 Å². The molecule has 1 aromatic heterocycles. The van der Waals surface area contributed by atoms with E-state index in [4.69, 9.17) is 5.73 Å². The molecule has 0 aromatic carbocycles. The number of hydrogen-bond acceptors (Lipinski definition) is 6. The minimum atomic E-state index is -3.10. The minimum Gasteiger partial charge on any atom is -0.368 e. The van der Waals surface area contributed by atoms with Crippen LogP contribution >= 0.6 is 0 Å². The molecule has 0 saturated carbocycles. The lowest BCUT2D eigenvalue weighted by atomic mass is 9.93. The number of allylic oxidation sites excluding steroid dienone is 1. The normalized spacial score (nSPS) is 24.0. The fourth-order valence-corrected chi connectivity index (χ4v) is 4.56. The van der Waals surface area contributed by atoms with Gasteiger partial charge < -0.3 is 10.6 Å². The number of anilines is 1. The summed E-state index contributed by atoms with van der Waals surface area (Å²) in [6, 6.07) is 1.87. The maximum Gasteiger partial charge on any atom is 0.223 e. The SMILES string of the molecule is Nc1nccc(C2CCN(C(=O)C[C@@H]3C=CS(=O)(=O)C3)CC2)n1. The van der Waals surface area contributed by atoms with Gasteiger partial charge in [0.1, 0.15) is 0 Å². The Bertz CT molecular complexity index is 724. The number of nitrogen functional groups attached to an aromatic ring is 1. The van der Waals surface area contributed by atoms with Gasteiger partial charge in [0.2, 0.25) is 11.9 Å². The van der Waals surface area contributed by atoms with Gasteiger partial charge in [-0.3, -0.25) is 4.79 Å². The van der Waals surface area contributed by atoms with Crippen molar-refractivity contribution in [3.8, 4) is 0 Å². The lowest BCUT2D eigenvalue weighted by molar-refractivity contribution is -0.132. The van der Waals surface area contributed by atoms with Crippen molar-refractivity contribution >= 4 is 21.7 Å². The third-order valence-electron chi connectivity index (χ3n) is 4.40. The van der Waals surface area contributed by atoms with Gasteiger partial charge in [-0.25, -0.2) is 18.4 Å². The Labute approximate surface area is 135 Å². The first-order valence-corrected chi connectivity index (χ1v) is 9.41. The molecule has 1 saturated heterocycles. The van der Waals surface area contributed by atoms with Crippen LogP contribution in [0.1, 0.15) is 30.9 Å². The summed E-state index contributed by atoms with van der Waals surface area (Å²) in [5.41, 5.74) is 6.54. The molecule has 2 aliphatic rings. The van der Waals surface area contributed by atoms with Crippen LogP contribution in [0.25, 0.3) is 0 Å².